The van der Waals surface area contributed by atoms with Crippen molar-refractivity contribution >= 4 is 17.9 Å². The minimum atomic E-state index is -0.0703. The zero-order chi connectivity index (χ0) is 18.5. The summed E-state index contributed by atoms with van der Waals surface area (Å²) in [7, 11) is 0. The summed E-state index contributed by atoms with van der Waals surface area (Å²) in [4.78, 5) is 25.4. The molecule has 1 aromatic carbocycles. The third-order valence-electron chi connectivity index (χ3n) is 4.94. The molecule has 0 atom stereocenters. The number of carbonyl (C=O) groups excluding carboxylic acids is 1. The first-order valence-electron chi connectivity index (χ1n) is 9.60. The summed E-state index contributed by atoms with van der Waals surface area (Å²) in [6.45, 7) is 4.70. The summed E-state index contributed by atoms with van der Waals surface area (Å²) in [6, 6.07) is 10.7. The van der Waals surface area contributed by atoms with E-state index in [-0.39, 0.29) is 5.91 Å². The number of piperazine rings is 1. The lowest BCUT2D eigenvalue weighted by atomic mass is 10.2. The second-order valence-electron chi connectivity index (χ2n) is 7.12. The molecule has 0 spiro atoms. The standard InChI is InChI=1S/C21H25N5O/c27-20(24-19-8-9-19)18-15-22-21(23-16-18)26-13-11-25(12-14-26)10-4-7-17-5-2-1-3-6-17/h1-7,15-16,19H,8-14H2,(H,24,27)/b7-4+. The first-order valence-corrected chi connectivity index (χ1v) is 9.60. The van der Waals surface area contributed by atoms with Crippen molar-refractivity contribution in [3.05, 3.63) is 59.9 Å². The van der Waals surface area contributed by atoms with Gasteiger partial charge in [-0.3, -0.25) is 9.69 Å². The number of benzene rings is 1. The Morgan fingerprint density at radius 2 is 1.78 bits per heavy atom. The van der Waals surface area contributed by atoms with E-state index < -0.39 is 0 Å². The van der Waals surface area contributed by atoms with Gasteiger partial charge in [0.25, 0.3) is 5.91 Å². The number of amides is 1. The van der Waals surface area contributed by atoms with Gasteiger partial charge in [0.15, 0.2) is 0 Å². The van der Waals surface area contributed by atoms with Crippen molar-refractivity contribution in [2.75, 3.05) is 37.6 Å². The Morgan fingerprint density at radius 3 is 2.44 bits per heavy atom. The van der Waals surface area contributed by atoms with Gasteiger partial charge in [0.05, 0.1) is 5.56 Å². The van der Waals surface area contributed by atoms with E-state index in [9.17, 15) is 4.79 Å². The molecule has 0 unspecified atom stereocenters. The zero-order valence-corrected chi connectivity index (χ0v) is 15.4. The lowest BCUT2D eigenvalue weighted by Gasteiger charge is -2.34. The smallest absolute Gasteiger partial charge is 0.254 e. The number of nitrogens with zero attached hydrogens (tertiary/aromatic N) is 4. The topological polar surface area (TPSA) is 61.4 Å². The molecule has 6 nitrogen and oxygen atoms in total. The van der Waals surface area contributed by atoms with Crippen molar-refractivity contribution < 1.29 is 4.79 Å². The average molecular weight is 363 g/mol. The molecule has 4 rings (SSSR count). The number of anilines is 1. The van der Waals surface area contributed by atoms with Crippen LogP contribution in [0.2, 0.25) is 0 Å². The molecule has 1 saturated carbocycles. The van der Waals surface area contributed by atoms with Crippen LogP contribution in [0.15, 0.2) is 48.8 Å². The number of hydrogen-bond donors (Lipinski definition) is 1. The Balaban J connectivity index is 1.25. The number of rotatable bonds is 6. The molecule has 27 heavy (non-hydrogen) atoms. The van der Waals surface area contributed by atoms with Gasteiger partial charge in [0, 0.05) is 51.2 Å². The van der Waals surface area contributed by atoms with Crippen LogP contribution in [-0.2, 0) is 0 Å². The van der Waals surface area contributed by atoms with Crippen molar-refractivity contribution in [2.45, 2.75) is 18.9 Å². The van der Waals surface area contributed by atoms with Gasteiger partial charge in [-0.05, 0) is 18.4 Å². The maximum absolute atomic E-state index is 12.0. The van der Waals surface area contributed by atoms with Crippen molar-refractivity contribution in [1.29, 1.82) is 0 Å². The van der Waals surface area contributed by atoms with Gasteiger partial charge in [-0.25, -0.2) is 9.97 Å². The first-order chi connectivity index (χ1) is 13.3. The largest absolute Gasteiger partial charge is 0.349 e. The van der Waals surface area contributed by atoms with Crippen molar-refractivity contribution in [2.24, 2.45) is 0 Å². The summed E-state index contributed by atoms with van der Waals surface area (Å²) in [6.07, 6.45) is 9.81. The van der Waals surface area contributed by atoms with Crippen LogP contribution in [0.25, 0.3) is 6.08 Å². The normalized spacial score (nSPS) is 18.0. The Hall–Kier alpha value is -2.73. The van der Waals surface area contributed by atoms with Gasteiger partial charge in [-0.2, -0.15) is 0 Å². The Labute approximate surface area is 159 Å². The van der Waals surface area contributed by atoms with E-state index >= 15 is 0 Å². The van der Waals surface area contributed by atoms with E-state index in [4.69, 9.17) is 0 Å². The minimum absolute atomic E-state index is 0.0703. The van der Waals surface area contributed by atoms with Crippen LogP contribution in [0.4, 0.5) is 5.95 Å². The van der Waals surface area contributed by atoms with E-state index in [1.807, 2.05) is 6.07 Å². The van der Waals surface area contributed by atoms with Crippen LogP contribution in [-0.4, -0.2) is 59.5 Å². The summed E-state index contributed by atoms with van der Waals surface area (Å²) in [5, 5.41) is 2.96. The van der Waals surface area contributed by atoms with Crippen LogP contribution in [0, 0.1) is 0 Å². The molecule has 1 aliphatic carbocycles. The summed E-state index contributed by atoms with van der Waals surface area (Å²) in [5.74, 6) is 0.636. The molecular formula is C21H25N5O. The number of hydrogen-bond acceptors (Lipinski definition) is 5. The maximum atomic E-state index is 12.0. The SMILES string of the molecule is O=C(NC1CC1)c1cnc(N2CCN(C/C=C/c3ccccc3)CC2)nc1. The predicted octanol–water partition coefficient (Wildman–Crippen LogP) is 2.20. The van der Waals surface area contributed by atoms with Crippen LogP contribution in [0.1, 0.15) is 28.8 Å². The Bertz CT molecular complexity index is 778. The molecule has 1 aliphatic heterocycles. The van der Waals surface area contributed by atoms with Crippen molar-refractivity contribution in [3.63, 3.8) is 0 Å². The van der Waals surface area contributed by atoms with Gasteiger partial charge < -0.3 is 10.2 Å². The number of aromatic nitrogens is 2. The fourth-order valence-electron chi connectivity index (χ4n) is 3.13. The fourth-order valence-corrected chi connectivity index (χ4v) is 3.13. The average Bonchev–Trinajstić information content (AvgIpc) is 3.53. The molecule has 0 bridgehead atoms. The first kappa shape index (κ1) is 17.7. The Kier molecular flexibility index (Phi) is 5.44. The van der Waals surface area contributed by atoms with Crippen LogP contribution >= 0.6 is 0 Å². The third-order valence-corrected chi connectivity index (χ3v) is 4.94. The molecule has 2 heterocycles. The quantitative estimate of drug-likeness (QED) is 0.853. The van der Waals surface area contributed by atoms with Crippen LogP contribution in [0.3, 0.4) is 0 Å². The molecule has 1 N–H and O–H groups in total. The monoisotopic (exact) mass is 363 g/mol. The van der Waals surface area contributed by atoms with Gasteiger partial charge >= 0.3 is 0 Å². The molecule has 140 valence electrons. The molecule has 6 heteroatoms. The van der Waals surface area contributed by atoms with Crippen LogP contribution in [0.5, 0.6) is 0 Å². The van der Waals surface area contributed by atoms with Crippen molar-refractivity contribution in [3.8, 4) is 0 Å². The van der Waals surface area contributed by atoms with E-state index in [1.165, 1.54) is 5.56 Å². The minimum Gasteiger partial charge on any atom is -0.349 e. The highest BCUT2D eigenvalue weighted by Crippen LogP contribution is 2.19. The fraction of sp³-hybridized carbons (Fsp3) is 0.381. The number of carbonyl (C=O) groups is 1. The highest BCUT2D eigenvalue weighted by molar-refractivity contribution is 5.94. The summed E-state index contributed by atoms with van der Waals surface area (Å²) >= 11 is 0. The molecule has 0 radical (unpaired) electrons. The van der Waals surface area contributed by atoms with E-state index in [2.05, 4.69) is 61.5 Å². The van der Waals surface area contributed by atoms with E-state index in [0.717, 1.165) is 45.6 Å². The summed E-state index contributed by atoms with van der Waals surface area (Å²) < 4.78 is 0. The maximum Gasteiger partial charge on any atom is 0.254 e. The van der Waals surface area contributed by atoms with E-state index in [0.29, 0.717) is 17.6 Å². The molecular weight excluding hydrogens is 338 g/mol. The molecule has 2 fully saturated rings. The third kappa shape index (κ3) is 4.92. The van der Waals surface area contributed by atoms with Crippen LogP contribution < -0.4 is 10.2 Å². The summed E-state index contributed by atoms with van der Waals surface area (Å²) in [5.41, 5.74) is 1.77. The predicted molar refractivity (Wildman–Crippen MR) is 107 cm³/mol. The molecule has 1 amide bonds. The zero-order valence-electron chi connectivity index (χ0n) is 15.4. The van der Waals surface area contributed by atoms with Gasteiger partial charge in [-0.1, -0.05) is 42.5 Å². The molecule has 2 aliphatic rings. The molecule has 1 aromatic heterocycles. The van der Waals surface area contributed by atoms with E-state index in [1.54, 1.807) is 12.4 Å². The Morgan fingerprint density at radius 1 is 1.07 bits per heavy atom. The number of nitrogens with one attached hydrogen (secondary N) is 1. The highest BCUT2D eigenvalue weighted by atomic mass is 16.1. The van der Waals surface area contributed by atoms with Crippen molar-refractivity contribution in [1.82, 2.24) is 20.2 Å². The van der Waals surface area contributed by atoms with Gasteiger partial charge in [-0.15, -0.1) is 0 Å². The second-order valence-corrected chi connectivity index (χ2v) is 7.12. The van der Waals surface area contributed by atoms with Gasteiger partial charge in [0.1, 0.15) is 0 Å². The lowest BCUT2D eigenvalue weighted by Crippen LogP contribution is -2.47. The lowest BCUT2D eigenvalue weighted by molar-refractivity contribution is 0.0950. The van der Waals surface area contributed by atoms with Gasteiger partial charge in [0.2, 0.25) is 5.95 Å². The molecule has 2 aromatic rings. The highest BCUT2D eigenvalue weighted by Gasteiger charge is 2.24. The second kappa shape index (κ2) is 8.31. The molecule has 1 saturated heterocycles.